The summed E-state index contributed by atoms with van der Waals surface area (Å²) in [7, 11) is 0. The lowest BCUT2D eigenvalue weighted by atomic mass is 10.1. The number of hydrogen-bond donors (Lipinski definition) is 1. The monoisotopic (exact) mass is 300 g/mol. The fourth-order valence-corrected chi connectivity index (χ4v) is 2.91. The Labute approximate surface area is 120 Å². The predicted octanol–water partition coefficient (Wildman–Crippen LogP) is 1.80. The van der Waals surface area contributed by atoms with Crippen LogP contribution in [-0.4, -0.2) is 45.6 Å². The third-order valence-electron chi connectivity index (χ3n) is 3.45. The van der Waals surface area contributed by atoms with Gasteiger partial charge in [0.2, 0.25) is 11.6 Å². The van der Waals surface area contributed by atoms with E-state index in [0.29, 0.717) is 19.3 Å². The van der Waals surface area contributed by atoms with Gasteiger partial charge >= 0.3 is 5.97 Å². The van der Waals surface area contributed by atoms with Crippen molar-refractivity contribution in [2.75, 3.05) is 13.1 Å². The topological polar surface area (TPSA) is 70.5 Å². The van der Waals surface area contributed by atoms with Gasteiger partial charge in [0.1, 0.15) is 0 Å². The van der Waals surface area contributed by atoms with Crippen molar-refractivity contribution in [2.24, 2.45) is 0 Å². The van der Waals surface area contributed by atoms with Crippen molar-refractivity contribution >= 4 is 23.2 Å². The molecule has 110 valence electrons. The summed E-state index contributed by atoms with van der Waals surface area (Å²) >= 11 is 1.57. The summed E-state index contributed by atoms with van der Waals surface area (Å²) in [6.45, 7) is 1.77. The van der Waals surface area contributed by atoms with Gasteiger partial charge in [0, 0.05) is 24.8 Å². The number of nitrogens with zero attached hydrogens (tertiary/aromatic N) is 2. The van der Waals surface area contributed by atoms with E-state index >= 15 is 0 Å². The largest absolute Gasteiger partial charge is 0.479 e. The quantitative estimate of drug-likeness (QED) is 0.900. The van der Waals surface area contributed by atoms with Crippen LogP contribution in [0.4, 0.5) is 4.39 Å². The second-order valence-electron chi connectivity index (χ2n) is 5.05. The molecule has 1 amide bonds. The first kappa shape index (κ1) is 14.9. The molecule has 20 heavy (non-hydrogen) atoms. The predicted molar refractivity (Wildman–Crippen MR) is 72.5 cm³/mol. The van der Waals surface area contributed by atoms with E-state index in [2.05, 4.69) is 4.98 Å². The molecule has 0 aromatic carbocycles. The fourth-order valence-electron chi connectivity index (χ4n) is 2.26. The maximum atomic E-state index is 13.8. The van der Waals surface area contributed by atoms with Crippen LogP contribution in [0.2, 0.25) is 0 Å². The highest BCUT2D eigenvalue weighted by atomic mass is 32.1. The van der Waals surface area contributed by atoms with Crippen molar-refractivity contribution in [1.82, 2.24) is 9.88 Å². The number of alkyl halides is 1. The van der Waals surface area contributed by atoms with Crippen molar-refractivity contribution < 1.29 is 19.1 Å². The molecule has 0 radical (unpaired) electrons. The molecule has 0 bridgehead atoms. The van der Waals surface area contributed by atoms with Crippen molar-refractivity contribution in [3.63, 3.8) is 0 Å². The van der Waals surface area contributed by atoms with Gasteiger partial charge in [-0.1, -0.05) is 0 Å². The van der Waals surface area contributed by atoms with Gasteiger partial charge in [-0.25, -0.2) is 14.2 Å². The summed E-state index contributed by atoms with van der Waals surface area (Å²) in [6, 6.07) is 0. The highest BCUT2D eigenvalue weighted by Crippen LogP contribution is 2.26. The lowest BCUT2D eigenvalue weighted by molar-refractivity contribution is -0.150. The van der Waals surface area contributed by atoms with Gasteiger partial charge in [0.25, 0.3) is 0 Å². The molecular formula is C13H17FN2O3S. The molecular weight excluding hydrogens is 283 g/mol. The molecule has 1 fully saturated rings. The van der Waals surface area contributed by atoms with Gasteiger partial charge in [-0.2, -0.15) is 0 Å². The Kier molecular flexibility index (Phi) is 4.37. The van der Waals surface area contributed by atoms with Crippen LogP contribution in [0, 0.1) is 6.92 Å². The standard InChI is InChI=1S/C13H17FN2O3S/c1-9-15-10(7-20-9)3-2-4-11(17)16-6-5-13(14,8-16)12(18)19/h7H,2-6,8H2,1H3,(H,18,19). The Hall–Kier alpha value is -1.50. The zero-order valence-electron chi connectivity index (χ0n) is 11.3. The summed E-state index contributed by atoms with van der Waals surface area (Å²) in [5.41, 5.74) is -1.31. The molecule has 1 aromatic rings. The highest BCUT2D eigenvalue weighted by molar-refractivity contribution is 7.09. The van der Waals surface area contributed by atoms with Crippen LogP contribution < -0.4 is 0 Å². The van der Waals surface area contributed by atoms with Crippen LogP contribution in [-0.2, 0) is 16.0 Å². The molecule has 1 aliphatic rings. The van der Waals surface area contributed by atoms with Crippen molar-refractivity contribution in [2.45, 2.75) is 38.3 Å². The zero-order valence-corrected chi connectivity index (χ0v) is 12.1. The minimum Gasteiger partial charge on any atom is -0.479 e. The van der Waals surface area contributed by atoms with Crippen molar-refractivity contribution in [3.8, 4) is 0 Å². The van der Waals surface area contributed by atoms with E-state index < -0.39 is 11.6 Å². The van der Waals surface area contributed by atoms with Gasteiger partial charge in [0.05, 0.1) is 17.2 Å². The van der Waals surface area contributed by atoms with Gasteiger partial charge in [-0.3, -0.25) is 4.79 Å². The van der Waals surface area contributed by atoms with Crippen LogP contribution in [0.3, 0.4) is 0 Å². The van der Waals surface area contributed by atoms with E-state index in [1.165, 1.54) is 4.90 Å². The number of halogens is 1. The van der Waals surface area contributed by atoms with E-state index in [0.717, 1.165) is 10.7 Å². The first-order chi connectivity index (χ1) is 9.40. The summed E-state index contributed by atoms with van der Waals surface area (Å²) in [5, 5.41) is 11.7. The van der Waals surface area contributed by atoms with E-state index in [1.54, 1.807) is 11.3 Å². The second kappa shape index (κ2) is 5.87. The number of carbonyl (C=O) groups excluding carboxylic acids is 1. The molecule has 0 aliphatic carbocycles. The third-order valence-corrected chi connectivity index (χ3v) is 4.27. The number of carboxylic acids is 1. The maximum Gasteiger partial charge on any atom is 0.343 e. The molecule has 0 spiro atoms. The molecule has 5 nitrogen and oxygen atoms in total. The molecule has 1 N–H and O–H groups in total. The Morgan fingerprint density at radius 1 is 1.60 bits per heavy atom. The molecule has 0 saturated carbocycles. The van der Waals surface area contributed by atoms with Crippen LogP contribution >= 0.6 is 11.3 Å². The number of thiazole rings is 1. The van der Waals surface area contributed by atoms with Crippen LogP contribution in [0.25, 0.3) is 0 Å². The van der Waals surface area contributed by atoms with E-state index in [1.807, 2.05) is 12.3 Å². The normalized spacial score (nSPS) is 22.2. The van der Waals surface area contributed by atoms with Gasteiger partial charge in [-0.05, 0) is 19.8 Å². The minimum atomic E-state index is -2.28. The number of carboxylic acid groups (broad SMARTS) is 1. The van der Waals surface area contributed by atoms with E-state index in [4.69, 9.17) is 5.11 Å². The smallest absolute Gasteiger partial charge is 0.343 e. The number of carbonyl (C=O) groups is 2. The van der Waals surface area contributed by atoms with Crippen molar-refractivity contribution in [3.05, 3.63) is 16.1 Å². The summed E-state index contributed by atoms with van der Waals surface area (Å²) in [6.07, 6.45) is 1.53. The molecule has 2 heterocycles. The Bertz CT molecular complexity index is 519. The molecule has 1 saturated heterocycles. The maximum absolute atomic E-state index is 13.8. The number of aromatic nitrogens is 1. The number of rotatable bonds is 5. The van der Waals surface area contributed by atoms with Gasteiger partial charge < -0.3 is 10.0 Å². The first-order valence-corrected chi connectivity index (χ1v) is 7.40. The molecule has 2 rings (SSSR count). The van der Waals surface area contributed by atoms with Crippen LogP contribution in [0.1, 0.15) is 30.0 Å². The fraction of sp³-hybridized carbons (Fsp3) is 0.615. The average Bonchev–Trinajstić information content (AvgIpc) is 2.97. The number of aliphatic carboxylic acids is 1. The summed E-state index contributed by atoms with van der Waals surface area (Å²) in [5.74, 6) is -1.66. The van der Waals surface area contributed by atoms with E-state index in [-0.39, 0.29) is 25.4 Å². The number of aryl methyl sites for hydroxylation is 2. The van der Waals surface area contributed by atoms with Crippen LogP contribution in [0.15, 0.2) is 5.38 Å². The van der Waals surface area contributed by atoms with Gasteiger partial charge in [-0.15, -0.1) is 11.3 Å². The lowest BCUT2D eigenvalue weighted by Crippen LogP contribution is -2.38. The first-order valence-electron chi connectivity index (χ1n) is 6.52. The van der Waals surface area contributed by atoms with Crippen molar-refractivity contribution in [1.29, 1.82) is 0 Å². The number of amides is 1. The number of hydrogen-bond acceptors (Lipinski definition) is 4. The lowest BCUT2D eigenvalue weighted by Gasteiger charge is -2.17. The SMILES string of the molecule is Cc1nc(CCCC(=O)N2CCC(F)(C(=O)O)C2)cs1. The van der Waals surface area contributed by atoms with Gasteiger partial charge in [0.15, 0.2) is 0 Å². The Morgan fingerprint density at radius 2 is 2.35 bits per heavy atom. The third kappa shape index (κ3) is 3.33. The Balaban J connectivity index is 1.77. The molecule has 1 atom stereocenters. The molecule has 7 heteroatoms. The second-order valence-corrected chi connectivity index (χ2v) is 6.11. The molecule has 1 aliphatic heterocycles. The summed E-state index contributed by atoms with van der Waals surface area (Å²) in [4.78, 5) is 28.3. The number of likely N-dealkylation sites (tertiary alicyclic amines) is 1. The molecule has 1 unspecified atom stereocenters. The molecule has 1 aromatic heterocycles. The minimum absolute atomic E-state index is 0.126. The highest BCUT2D eigenvalue weighted by Gasteiger charge is 2.46. The Morgan fingerprint density at radius 3 is 2.90 bits per heavy atom. The van der Waals surface area contributed by atoms with Crippen LogP contribution in [0.5, 0.6) is 0 Å². The average molecular weight is 300 g/mol. The van der Waals surface area contributed by atoms with E-state index in [9.17, 15) is 14.0 Å². The summed E-state index contributed by atoms with van der Waals surface area (Å²) < 4.78 is 13.8. The zero-order chi connectivity index (χ0) is 14.8.